The summed E-state index contributed by atoms with van der Waals surface area (Å²) in [5, 5.41) is 280. The number of aliphatic hydroxyl groups is 26. The predicted molar refractivity (Wildman–Crippen MR) is 279 cm³/mol. The van der Waals surface area contributed by atoms with Crippen molar-refractivity contribution in [2.24, 2.45) is 0 Å². The van der Waals surface area contributed by atoms with Gasteiger partial charge in [0, 0.05) is 0 Å². The third-order valence-electron chi connectivity index (χ3n) is 17.5. The first-order chi connectivity index (χ1) is 44.5. The molecule has 26 N–H and O–H groups in total. The standard InChI is InChI=1S/C51H86O43/c52-1-13-22(61)25(64)33(72)45(85-13)93-41-20(59)11(56)5-79-50(41)82-8-17-39(91-47-35(74)27(66)24(63)16(87-47)7-81-44-32(71)19(58)10(55)4-78-44)30(69)37(76)49(89-17)92-40-18(88-48(36(75)29(40)68)90-38-15(3-54)84-43(77)31(70)28(38)67)9-83-51-42(21(60)12(57)6-80-51)94-46-34(73)26(65)23(62)14(2-53)86-46/h10-77H,1-9H2/t10-,11-,12-,13?,14?,15+,16?,17+,18?,19-,20?,21-,22-,23-,24-,25-,26-,27-,28?,29+,30?,31?,32?,33?,34+,35?,36?,37?,38+,39+,40-,41?,42?,43?,44-,45-,46?,47-,48-,49+,50-,51-/m0/s1. The molecule has 9 saturated heterocycles. The highest BCUT2D eigenvalue weighted by Crippen LogP contribution is 2.38. The molecule has 0 aromatic heterocycles. The van der Waals surface area contributed by atoms with Crippen LogP contribution in [0.5, 0.6) is 0 Å². The van der Waals surface area contributed by atoms with Crippen molar-refractivity contribution in [2.75, 3.05) is 59.5 Å². The zero-order valence-electron chi connectivity index (χ0n) is 49.2. The van der Waals surface area contributed by atoms with E-state index in [-0.39, 0.29) is 0 Å². The molecule has 0 bridgehead atoms. The SMILES string of the molecule is OCC1OC(OC2[C@H](OCC3O[C@@H](O[C@H]4C(O)C(O)C(O)O[C@@H]4CO)C(O)[C@@H](O)[C@H]3O[C@H]3O[C@H](CO[C@@H]4OC[C@H](O)C(O)C4O[C@@H]4OC(CO)[C@H](O)[C@H](O)C4O)[C@@H](O[C@@H]4OC(CO[C@@H]5OC[C@H](O)[C@H](O)C5O)[C@H](O)[C@H](O)C4O)C(O)C3O)OC[C@H](O)[C@@H]2O)[C@H](O)[C@@H](O)[C@H]1O. The molecule has 9 fully saturated rings. The molecule has 0 aromatic carbocycles. The molecule has 0 aromatic rings. The van der Waals surface area contributed by atoms with Crippen molar-refractivity contribution < 1.29 is 213 Å². The Bertz CT molecular complexity index is 2290. The van der Waals surface area contributed by atoms with Gasteiger partial charge in [0.2, 0.25) is 0 Å². The summed E-state index contributed by atoms with van der Waals surface area (Å²) in [6.07, 6.45) is -84.5. The third-order valence-corrected chi connectivity index (χ3v) is 17.5. The van der Waals surface area contributed by atoms with Gasteiger partial charge in [-0.05, 0) is 0 Å². The Kier molecular flexibility index (Phi) is 26.8. The van der Waals surface area contributed by atoms with Crippen molar-refractivity contribution in [3.8, 4) is 0 Å². The maximum absolute atomic E-state index is 12.1. The smallest absolute Gasteiger partial charge is 0.187 e. The van der Waals surface area contributed by atoms with E-state index in [1.54, 1.807) is 0 Å². The molecule has 43 heteroatoms. The Morgan fingerprint density at radius 3 is 0.894 bits per heavy atom. The average Bonchev–Trinajstić information content (AvgIpc) is 0.783. The summed E-state index contributed by atoms with van der Waals surface area (Å²) in [7, 11) is 0. The molecule has 0 amide bonds. The number of ether oxygens (including phenoxy) is 17. The molecule has 9 aliphatic heterocycles. The molecule has 9 heterocycles. The quantitative estimate of drug-likeness (QED) is 0.0479. The van der Waals surface area contributed by atoms with Crippen molar-refractivity contribution >= 4 is 0 Å². The van der Waals surface area contributed by atoms with E-state index in [1.165, 1.54) is 0 Å². The van der Waals surface area contributed by atoms with E-state index in [9.17, 15) is 133 Å². The molecule has 0 radical (unpaired) electrons. The van der Waals surface area contributed by atoms with E-state index in [2.05, 4.69) is 0 Å². The van der Waals surface area contributed by atoms with E-state index < -0.39 is 318 Å². The van der Waals surface area contributed by atoms with Gasteiger partial charge in [-0.15, -0.1) is 0 Å². The molecule has 0 saturated carbocycles. The van der Waals surface area contributed by atoms with Crippen LogP contribution >= 0.6 is 0 Å². The van der Waals surface area contributed by atoms with Crippen LogP contribution < -0.4 is 0 Å². The van der Waals surface area contributed by atoms with E-state index in [0.717, 1.165) is 0 Å². The van der Waals surface area contributed by atoms with E-state index in [1.807, 2.05) is 0 Å². The van der Waals surface area contributed by atoms with Gasteiger partial charge in [0.15, 0.2) is 56.6 Å². The minimum Gasteiger partial charge on any atom is -0.394 e. The van der Waals surface area contributed by atoms with Gasteiger partial charge < -0.3 is 213 Å². The first-order valence-corrected chi connectivity index (χ1v) is 29.9. The molecule has 43 nitrogen and oxygen atoms in total. The van der Waals surface area contributed by atoms with E-state index >= 15 is 0 Å². The maximum atomic E-state index is 12.1. The molecule has 0 spiro atoms. The molecule has 94 heavy (non-hydrogen) atoms. The highest BCUT2D eigenvalue weighted by atomic mass is 16.8. The lowest BCUT2D eigenvalue weighted by Gasteiger charge is -2.49. The number of hydrogen-bond acceptors (Lipinski definition) is 43. The van der Waals surface area contributed by atoms with Crippen LogP contribution in [0.15, 0.2) is 0 Å². The van der Waals surface area contributed by atoms with Crippen LogP contribution in [-0.2, 0) is 80.5 Å². The highest BCUT2D eigenvalue weighted by Gasteiger charge is 2.58. The zero-order chi connectivity index (χ0) is 68.6. The lowest BCUT2D eigenvalue weighted by atomic mass is 9.95. The fourth-order valence-electron chi connectivity index (χ4n) is 11.8. The summed E-state index contributed by atoms with van der Waals surface area (Å²) < 4.78 is 97.1. The highest BCUT2D eigenvalue weighted by molar-refractivity contribution is 5.00. The molecule has 17 unspecified atom stereocenters. The topological polar surface area (TPSA) is 683 Å². The molecular weight excluding hydrogens is 1300 g/mol. The summed E-state index contributed by atoms with van der Waals surface area (Å²) in [4.78, 5) is 0. The Balaban J connectivity index is 1.00. The van der Waals surface area contributed by atoms with Gasteiger partial charge in [0.1, 0.15) is 201 Å². The van der Waals surface area contributed by atoms with Gasteiger partial charge in [0.25, 0.3) is 0 Å². The van der Waals surface area contributed by atoms with Crippen LogP contribution in [0, 0.1) is 0 Å². The van der Waals surface area contributed by atoms with E-state index in [0.29, 0.717) is 0 Å². The first-order valence-electron chi connectivity index (χ1n) is 29.9. The summed E-state index contributed by atoms with van der Waals surface area (Å²) in [6.45, 7) is -7.83. The van der Waals surface area contributed by atoms with Crippen molar-refractivity contribution in [2.45, 2.75) is 258 Å². The summed E-state index contributed by atoms with van der Waals surface area (Å²) in [5.41, 5.74) is 0. The van der Waals surface area contributed by atoms with Crippen LogP contribution in [0.2, 0.25) is 0 Å². The Labute approximate surface area is 530 Å². The third kappa shape index (κ3) is 16.3. The van der Waals surface area contributed by atoms with Crippen molar-refractivity contribution in [1.82, 2.24) is 0 Å². The summed E-state index contributed by atoms with van der Waals surface area (Å²) in [5.74, 6) is 0. The van der Waals surface area contributed by atoms with Crippen LogP contribution in [0.3, 0.4) is 0 Å². The largest absolute Gasteiger partial charge is 0.394 e. The monoisotopic (exact) mass is 1390 g/mol. The average molecular weight is 1390 g/mol. The maximum Gasteiger partial charge on any atom is 0.187 e. The van der Waals surface area contributed by atoms with E-state index in [4.69, 9.17) is 80.5 Å². The van der Waals surface area contributed by atoms with Crippen molar-refractivity contribution in [3.05, 3.63) is 0 Å². The molecule has 42 atom stereocenters. The lowest BCUT2D eigenvalue weighted by molar-refractivity contribution is -0.397. The normalized spacial score (nSPS) is 53.9. The minimum absolute atomic E-state index is 0.534. The van der Waals surface area contributed by atoms with Gasteiger partial charge in [-0.3, -0.25) is 0 Å². The van der Waals surface area contributed by atoms with Crippen molar-refractivity contribution in [3.63, 3.8) is 0 Å². The lowest BCUT2D eigenvalue weighted by Crippen LogP contribution is -2.68. The minimum atomic E-state index is -2.48. The zero-order valence-corrected chi connectivity index (χ0v) is 49.2. The van der Waals surface area contributed by atoms with Gasteiger partial charge >= 0.3 is 0 Å². The number of aliphatic hydroxyl groups excluding tert-OH is 26. The van der Waals surface area contributed by atoms with Crippen molar-refractivity contribution in [1.29, 1.82) is 0 Å². The van der Waals surface area contributed by atoms with Crippen LogP contribution in [-0.4, -0.2) is 450 Å². The van der Waals surface area contributed by atoms with Crippen LogP contribution in [0.4, 0.5) is 0 Å². The Morgan fingerprint density at radius 1 is 0.223 bits per heavy atom. The molecule has 548 valence electrons. The van der Waals surface area contributed by atoms with Crippen LogP contribution in [0.1, 0.15) is 0 Å². The Hall–Kier alpha value is -1.72. The van der Waals surface area contributed by atoms with Gasteiger partial charge in [0.05, 0.1) is 59.5 Å². The second kappa shape index (κ2) is 32.9. The second-order valence-electron chi connectivity index (χ2n) is 24.0. The van der Waals surface area contributed by atoms with Gasteiger partial charge in [-0.1, -0.05) is 0 Å². The number of hydrogen-bond donors (Lipinski definition) is 26. The summed E-state index contributed by atoms with van der Waals surface area (Å²) >= 11 is 0. The molecule has 9 aliphatic rings. The van der Waals surface area contributed by atoms with Gasteiger partial charge in [-0.25, -0.2) is 0 Å². The first kappa shape index (κ1) is 76.5. The predicted octanol–water partition coefficient (Wildman–Crippen LogP) is -18.7. The fourth-order valence-corrected chi connectivity index (χ4v) is 11.8. The number of rotatable bonds is 22. The molecular formula is C51H86O43. The molecule has 0 aliphatic carbocycles. The molecule has 9 rings (SSSR count). The Morgan fingerprint density at radius 2 is 0.500 bits per heavy atom. The second-order valence-corrected chi connectivity index (χ2v) is 24.0. The van der Waals surface area contributed by atoms with Gasteiger partial charge in [-0.2, -0.15) is 0 Å². The fraction of sp³-hybridized carbons (Fsp3) is 1.00. The summed E-state index contributed by atoms with van der Waals surface area (Å²) in [6, 6.07) is 0. The van der Waals surface area contributed by atoms with Crippen LogP contribution in [0.25, 0.3) is 0 Å².